The second kappa shape index (κ2) is 7.18. The molecule has 4 nitrogen and oxygen atoms in total. The number of benzene rings is 1. The fraction of sp³-hybridized carbons (Fsp3) is 0.333. The van der Waals surface area contributed by atoms with Gasteiger partial charge in [0.1, 0.15) is 0 Å². The first kappa shape index (κ1) is 16.4. The first-order chi connectivity index (χ1) is 9.29. The number of amides is 1. The van der Waals surface area contributed by atoms with Crippen molar-refractivity contribution in [3.63, 3.8) is 0 Å². The van der Waals surface area contributed by atoms with Crippen molar-refractivity contribution in [2.24, 2.45) is 0 Å². The molecule has 1 rings (SSSR count). The summed E-state index contributed by atoms with van der Waals surface area (Å²) in [5, 5.41) is 11.2. The Morgan fingerprint density at radius 2 is 1.90 bits per heavy atom. The average Bonchev–Trinajstić information content (AvgIpc) is 2.34. The molecule has 2 N–H and O–H groups in total. The van der Waals surface area contributed by atoms with E-state index in [9.17, 15) is 22.8 Å². The first-order valence-electron chi connectivity index (χ1n) is 5.58. The minimum Gasteiger partial charge on any atom is -0.478 e. The van der Waals surface area contributed by atoms with Gasteiger partial charge in [0.25, 0.3) is 0 Å². The molecular weight excluding hydrogens is 295 g/mol. The van der Waals surface area contributed by atoms with E-state index < -0.39 is 17.4 Å². The van der Waals surface area contributed by atoms with Gasteiger partial charge in [0.05, 0.1) is 12.0 Å². The lowest BCUT2D eigenvalue weighted by Crippen LogP contribution is -2.28. The predicted octanol–water partition coefficient (Wildman–Crippen LogP) is 2.30. The van der Waals surface area contributed by atoms with Crippen LogP contribution in [0.3, 0.4) is 0 Å². The molecule has 8 heteroatoms. The Morgan fingerprint density at radius 1 is 1.25 bits per heavy atom. The summed E-state index contributed by atoms with van der Waals surface area (Å²) >= 11 is -0.219. The fourth-order valence-electron chi connectivity index (χ4n) is 1.48. The molecular formula is C12H12F3NO3S. The number of alkyl halides is 3. The molecule has 110 valence electrons. The number of aromatic carboxylic acids is 1. The summed E-state index contributed by atoms with van der Waals surface area (Å²) in [5.74, 6) is -1.95. The lowest BCUT2D eigenvalue weighted by Gasteiger charge is -2.08. The highest BCUT2D eigenvalue weighted by atomic mass is 32.2. The highest BCUT2D eigenvalue weighted by Gasteiger charge is 2.27. The fourth-order valence-corrected chi connectivity index (χ4v) is 1.91. The monoisotopic (exact) mass is 307 g/mol. The van der Waals surface area contributed by atoms with E-state index in [1.807, 2.05) is 0 Å². The van der Waals surface area contributed by atoms with Crippen molar-refractivity contribution in [1.29, 1.82) is 0 Å². The maximum absolute atomic E-state index is 11.9. The van der Waals surface area contributed by atoms with Gasteiger partial charge in [-0.25, -0.2) is 4.79 Å². The molecule has 0 aliphatic heterocycles. The summed E-state index contributed by atoms with van der Waals surface area (Å²) < 4.78 is 35.6. The van der Waals surface area contributed by atoms with Crippen molar-refractivity contribution in [1.82, 2.24) is 5.32 Å². The second-order valence-electron chi connectivity index (χ2n) is 3.78. The molecule has 0 unspecified atom stereocenters. The number of hydrogen-bond donors (Lipinski definition) is 2. The third kappa shape index (κ3) is 5.96. The maximum Gasteiger partial charge on any atom is 0.441 e. The van der Waals surface area contributed by atoms with Gasteiger partial charge < -0.3 is 10.4 Å². The lowest BCUT2D eigenvalue weighted by atomic mass is 10.0. The van der Waals surface area contributed by atoms with Crippen LogP contribution in [-0.4, -0.2) is 34.8 Å². The van der Waals surface area contributed by atoms with Crippen molar-refractivity contribution in [3.05, 3.63) is 35.4 Å². The molecule has 0 aliphatic rings. The standard InChI is InChI=1S/C12H12F3NO3S/c13-12(14,15)20-6-5-16-10(17)7-8-3-1-2-4-9(8)11(18)19/h1-4H,5-7H2,(H,16,17)(H,18,19). The summed E-state index contributed by atoms with van der Waals surface area (Å²) in [7, 11) is 0. The number of carbonyl (C=O) groups is 2. The smallest absolute Gasteiger partial charge is 0.441 e. The Morgan fingerprint density at radius 3 is 2.50 bits per heavy atom. The molecule has 0 saturated heterocycles. The quantitative estimate of drug-likeness (QED) is 0.791. The number of carboxylic acids is 1. The minimum atomic E-state index is -4.32. The van der Waals surface area contributed by atoms with Crippen LogP contribution in [0, 0.1) is 0 Å². The van der Waals surface area contributed by atoms with Crippen LogP contribution >= 0.6 is 11.8 Å². The van der Waals surface area contributed by atoms with Gasteiger partial charge in [-0.05, 0) is 23.4 Å². The Balaban J connectivity index is 2.45. The predicted molar refractivity (Wildman–Crippen MR) is 68.6 cm³/mol. The summed E-state index contributed by atoms with van der Waals surface area (Å²) in [6.45, 7) is -0.127. The van der Waals surface area contributed by atoms with E-state index in [0.717, 1.165) is 0 Å². The van der Waals surface area contributed by atoms with Gasteiger partial charge >= 0.3 is 11.5 Å². The topological polar surface area (TPSA) is 66.4 Å². The summed E-state index contributed by atoms with van der Waals surface area (Å²) in [6, 6.07) is 5.98. The van der Waals surface area contributed by atoms with Gasteiger partial charge in [-0.15, -0.1) is 0 Å². The molecule has 0 bridgehead atoms. The van der Waals surface area contributed by atoms with Crippen LogP contribution in [-0.2, 0) is 11.2 Å². The number of nitrogens with one attached hydrogen (secondary N) is 1. The van der Waals surface area contributed by atoms with Crippen LogP contribution in [0.2, 0.25) is 0 Å². The molecule has 0 heterocycles. The normalized spacial score (nSPS) is 11.2. The molecule has 0 aliphatic carbocycles. The van der Waals surface area contributed by atoms with Gasteiger partial charge in [-0.3, -0.25) is 4.79 Å². The number of carboxylic acid groups (broad SMARTS) is 1. The number of halogens is 3. The van der Waals surface area contributed by atoms with Crippen molar-refractivity contribution in [2.75, 3.05) is 12.3 Å². The number of thioether (sulfide) groups is 1. The molecule has 1 aromatic rings. The van der Waals surface area contributed by atoms with Gasteiger partial charge in [0, 0.05) is 12.3 Å². The van der Waals surface area contributed by atoms with E-state index in [-0.39, 0.29) is 36.0 Å². The van der Waals surface area contributed by atoms with Crippen LogP contribution < -0.4 is 5.32 Å². The zero-order valence-electron chi connectivity index (χ0n) is 10.2. The molecule has 0 fully saturated rings. The van der Waals surface area contributed by atoms with Crippen LogP contribution in [0.25, 0.3) is 0 Å². The van der Waals surface area contributed by atoms with E-state index in [1.165, 1.54) is 18.2 Å². The third-order valence-electron chi connectivity index (χ3n) is 2.29. The zero-order chi connectivity index (χ0) is 15.2. The number of rotatable bonds is 6. The molecule has 0 atom stereocenters. The molecule has 0 saturated carbocycles. The number of carbonyl (C=O) groups excluding carboxylic acids is 1. The van der Waals surface area contributed by atoms with Crippen LogP contribution in [0.4, 0.5) is 13.2 Å². The van der Waals surface area contributed by atoms with Gasteiger partial charge in [-0.1, -0.05) is 18.2 Å². The van der Waals surface area contributed by atoms with E-state index in [1.54, 1.807) is 6.07 Å². The number of hydrogen-bond acceptors (Lipinski definition) is 3. The SMILES string of the molecule is O=C(Cc1ccccc1C(=O)O)NCCSC(F)(F)F. The van der Waals surface area contributed by atoms with E-state index >= 15 is 0 Å². The van der Waals surface area contributed by atoms with E-state index in [0.29, 0.717) is 5.56 Å². The van der Waals surface area contributed by atoms with Crippen LogP contribution in [0.1, 0.15) is 15.9 Å². The molecule has 20 heavy (non-hydrogen) atoms. The van der Waals surface area contributed by atoms with Crippen LogP contribution in [0.5, 0.6) is 0 Å². The Hall–Kier alpha value is -1.70. The van der Waals surface area contributed by atoms with Gasteiger partial charge in [0.2, 0.25) is 5.91 Å². The Bertz CT molecular complexity index is 491. The highest BCUT2D eigenvalue weighted by molar-refractivity contribution is 8.00. The average molecular weight is 307 g/mol. The maximum atomic E-state index is 11.9. The summed E-state index contributed by atoms with van der Waals surface area (Å²) in [5.41, 5.74) is -3.99. The van der Waals surface area contributed by atoms with Gasteiger partial charge in [-0.2, -0.15) is 13.2 Å². The molecule has 0 radical (unpaired) electrons. The van der Waals surface area contributed by atoms with Gasteiger partial charge in [0.15, 0.2) is 0 Å². The Kier molecular flexibility index (Phi) is 5.87. The minimum absolute atomic E-state index is 0.00677. The van der Waals surface area contributed by atoms with Crippen LogP contribution in [0.15, 0.2) is 24.3 Å². The summed E-state index contributed by atoms with van der Waals surface area (Å²) in [4.78, 5) is 22.4. The Labute approximate surface area is 117 Å². The zero-order valence-corrected chi connectivity index (χ0v) is 11.1. The molecule has 1 aromatic carbocycles. The largest absolute Gasteiger partial charge is 0.478 e. The van der Waals surface area contributed by atoms with Crippen molar-refractivity contribution >= 4 is 23.6 Å². The molecule has 1 amide bonds. The van der Waals surface area contributed by atoms with Crippen molar-refractivity contribution in [2.45, 2.75) is 11.9 Å². The van der Waals surface area contributed by atoms with E-state index in [2.05, 4.69) is 5.32 Å². The van der Waals surface area contributed by atoms with Crippen molar-refractivity contribution < 1.29 is 27.9 Å². The lowest BCUT2D eigenvalue weighted by molar-refractivity contribution is -0.120. The summed E-state index contributed by atoms with van der Waals surface area (Å²) in [6.07, 6.45) is -0.181. The molecule has 0 spiro atoms. The second-order valence-corrected chi connectivity index (χ2v) is 4.94. The highest BCUT2D eigenvalue weighted by Crippen LogP contribution is 2.29. The van der Waals surface area contributed by atoms with Crippen molar-refractivity contribution in [3.8, 4) is 0 Å². The van der Waals surface area contributed by atoms with E-state index in [4.69, 9.17) is 5.11 Å². The third-order valence-corrected chi connectivity index (χ3v) is 3.02. The molecule has 0 aromatic heterocycles. The first-order valence-corrected chi connectivity index (χ1v) is 6.57.